The number of rotatable bonds is 3. The van der Waals surface area contributed by atoms with Crippen LogP contribution in [0.3, 0.4) is 0 Å². The van der Waals surface area contributed by atoms with Crippen LogP contribution in [0.5, 0.6) is 0 Å². The molecule has 2 aromatic heterocycles. The van der Waals surface area contributed by atoms with Gasteiger partial charge in [-0.2, -0.15) is 5.10 Å². The smallest absolute Gasteiger partial charge is 0.121 e. The van der Waals surface area contributed by atoms with E-state index in [0.29, 0.717) is 0 Å². The number of hydrogen-bond donors (Lipinski definition) is 1. The Kier molecular flexibility index (Phi) is 2.60. The minimum Gasteiger partial charge on any atom is -0.465 e. The summed E-state index contributed by atoms with van der Waals surface area (Å²) in [6, 6.07) is 3.76. The molecular weight excluding hydrogens is 190 g/mol. The first-order chi connectivity index (χ1) is 7.15. The lowest BCUT2D eigenvalue weighted by atomic mass is 10.1. The molecule has 0 aliphatic heterocycles. The molecule has 0 saturated carbocycles. The van der Waals surface area contributed by atoms with E-state index in [0.717, 1.165) is 23.5 Å². The standard InChI is InChI=1S/C11H15N3O/c1-8-3-4-11(15-8)10(12)5-9-6-13-14(2)7-9/h3-4,6-7,10H,5,12H2,1-2H3. The van der Waals surface area contributed by atoms with E-state index in [1.165, 1.54) is 0 Å². The third-order valence-corrected chi connectivity index (χ3v) is 2.34. The van der Waals surface area contributed by atoms with Crippen LogP contribution in [0.1, 0.15) is 23.1 Å². The van der Waals surface area contributed by atoms with Crippen LogP contribution < -0.4 is 5.73 Å². The van der Waals surface area contributed by atoms with Crippen molar-refractivity contribution in [1.82, 2.24) is 9.78 Å². The van der Waals surface area contributed by atoms with Gasteiger partial charge in [0.05, 0.1) is 12.2 Å². The number of furan rings is 1. The van der Waals surface area contributed by atoms with Crippen LogP contribution in [-0.4, -0.2) is 9.78 Å². The van der Waals surface area contributed by atoms with Crippen molar-refractivity contribution in [3.63, 3.8) is 0 Å². The zero-order valence-electron chi connectivity index (χ0n) is 8.97. The normalized spacial score (nSPS) is 13.0. The first kappa shape index (κ1) is 9.98. The molecule has 0 aliphatic carbocycles. The molecule has 4 nitrogen and oxygen atoms in total. The maximum atomic E-state index is 6.02. The van der Waals surface area contributed by atoms with Crippen LogP contribution >= 0.6 is 0 Å². The van der Waals surface area contributed by atoms with E-state index in [-0.39, 0.29) is 6.04 Å². The lowest BCUT2D eigenvalue weighted by Crippen LogP contribution is -2.12. The van der Waals surface area contributed by atoms with Crippen molar-refractivity contribution in [3.8, 4) is 0 Å². The summed E-state index contributed by atoms with van der Waals surface area (Å²) >= 11 is 0. The second kappa shape index (κ2) is 3.90. The first-order valence-electron chi connectivity index (χ1n) is 4.94. The van der Waals surface area contributed by atoms with E-state index >= 15 is 0 Å². The van der Waals surface area contributed by atoms with Crippen molar-refractivity contribution in [1.29, 1.82) is 0 Å². The summed E-state index contributed by atoms with van der Waals surface area (Å²) < 4.78 is 7.25. The van der Waals surface area contributed by atoms with Gasteiger partial charge in [-0.3, -0.25) is 4.68 Å². The summed E-state index contributed by atoms with van der Waals surface area (Å²) in [5.74, 6) is 1.72. The van der Waals surface area contributed by atoms with Gasteiger partial charge in [0.25, 0.3) is 0 Å². The van der Waals surface area contributed by atoms with Crippen molar-refractivity contribution >= 4 is 0 Å². The average molecular weight is 205 g/mol. The molecule has 2 aromatic rings. The van der Waals surface area contributed by atoms with Crippen LogP contribution in [0.4, 0.5) is 0 Å². The summed E-state index contributed by atoms with van der Waals surface area (Å²) in [4.78, 5) is 0. The lowest BCUT2D eigenvalue weighted by molar-refractivity contribution is 0.445. The predicted molar refractivity (Wildman–Crippen MR) is 57.3 cm³/mol. The molecule has 0 aliphatic rings. The summed E-state index contributed by atoms with van der Waals surface area (Å²) in [7, 11) is 1.89. The zero-order chi connectivity index (χ0) is 10.8. The van der Waals surface area contributed by atoms with Gasteiger partial charge in [-0.25, -0.2) is 0 Å². The highest BCUT2D eigenvalue weighted by molar-refractivity contribution is 5.14. The second-order valence-corrected chi connectivity index (χ2v) is 3.78. The number of nitrogens with zero attached hydrogens (tertiary/aromatic N) is 2. The van der Waals surface area contributed by atoms with Crippen LogP contribution in [0.25, 0.3) is 0 Å². The van der Waals surface area contributed by atoms with Gasteiger partial charge in [-0.1, -0.05) is 0 Å². The third-order valence-electron chi connectivity index (χ3n) is 2.34. The molecule has 0 amide bonds. The van der Waals surface area contributed by atoms with Crippen molar-refractivity contribution in [2.45, 2.75) is 19.4 Å². The minimum atomic E-state index is -0.0945. The van der Waals surface area contributed by atoms with E-state index in [9.17, 15) is 0 Å². The van der Waals surface area contributed by atoms with Crippen molar-refractivity contribution in [3.05, 3.63) is 41.6 Å². The molecule has 0 spiro atoms. The summed E-state index contributed by atoms with van der Waals surface area (Å²) in [5.41, 5.74) is 7.14. The molecule has 0 bridgehead atoms. The quantitative estimate of drug-likeness (QED) is 0.827. The van der Waals surface area contributed by atoms with E-state index < -0.39 is 0 Å². The van der Waals surface area contributed by atoms with Crippen LogP contribution in [-0.2, 0) is 13.5 Å². The fourth-order valence-corrected chi connectivity index (χ4v) is 1.58. The summed E-state index contributed by atoms with van der Waals surface area (Å²) in [5, 5.41) is 4.10. The topological polar surface area (TPSA) is 57.0 Å². The number of aromatic nitrogens is 2. The molecule has 2 N–H and O–H groups in total. The molecule has 15 heavy (non-hydrogen) atoms. The minimum absolute atomic E-state index is 0.0945. The lowest BCUT2D eigenvalue weighted by Gasteiger charge is -2.06. The molecule has 1 atom stereocenters. The van der Waals surface area contributed by atoms with Gasteiger partial charge in [0.2, 0.25) is 0 Å². The zero-order valence-corrected chi connectivity index (χ0v) is 8.97. The summed E-state index contributed by atoms with van der Waals surface area (Å²) in [6.45, 7) is 1.92. The fraction of sp³-hybridized carbons (Fsp3) is 0.364. The molecule has 2 rings (SSSR count). The largest absolute Gasteiger partial charge is 0.465 e. The van der Waals surface area contributed by atoms with Gasteiger partial charge in [-0.15, -0.1) is 0 Å². The van der Waals surface area contributed by atoms with E-state index in [1.54, 1.807) is 4.68 Å². The van der Waals surface area contributed by atoms with Crippen LogP contribution in [0, 0.1) is 6.92 Å². The third kappa shape index (κ3) is 2.27. The fourth-order valence-electron chi connectivity index (χ4n) is 1.58. The molecule has 80 valence electrons. The van der Waals surface area contributed by atoms with Crippen molar-refractivity contribution in [2.75, 3.05) is 0 Å². The molecule has 4 heteroatoms. The molecule has 0 aromatic carbocycles. The Balaban J connectivity index is 2.06. The average Bonchev–Trinajstić information content (AvgIpc) is 2.75. The highest BCUT2D eigenvalue weighted by atomic mass is 16.3. The van der Waals surface area contributed by atoms with Gasteiger partial charge < -0.3 is 10.2 Å². The summed E-state index contributed by atoms with van der Waals surface area (Å²) in [6.07, 6.45) is 4.55. The highest BCUT2D eigenvalue weighted by Crippen LogP contribution is 2.17. The number of hydrogen-bond acceptors (Lipinski definition) is 3. The molecule has 0 radical (unpaired) electrons. The van der Waals surface area contributed by atoms with Crippen LogP contribution in [0.15, 0.2) is 28.9 Å². The first-order valence-corrected chi connectivity index (χ1v) is 4.94. The van der Waals surface area contributed by atoms with Gasteiger partial charge in [0, 0.05) is 13.2 Å². The predicted octanol–water partition coefficient (Wildman–Crippen LogP) is 1.56. The maximum absolute atomic E-state index is 6.02. The molecule has 0 saturated heterocycles. The number of aryl methyl sites for hydroxylation is 2. The highest BCUT2D eigenvalue weighted by Gasteiger charge is 2.11. The number of nitrogens with two attached hydrogens (primary N) is 1. The molecule has 0 fully saturated rings. The van der Waals surface area contributed by atoms with E-state index in [4.69, 9.17) is 10.2 Å². The maximum Gasteiger partial charge on any atom is 0.121 e. The Labute approximate surface area is 88.7 Å². The molecule has 1 unspecified atom stereocenters. The Hall–Kier alpha value is -1.55. The Morgan fingerprint density at radius 3 is 2.87 bits per heavy atom. The van der Waals surface area contributed by atoms with Gasteiger partial charge in [-0.05, 0) is 31.0 Å². The monoisotopic (exact) mass is 205 g/mol. The Bertz CT molecular complexity index is 444. The van der Waals surface area contributed by atoms with Crippen LogP contribution in [0.2, 0.25) is 0 Å². The van der Waals surface area contributed by atoms with Crippen molar-refractivity contribution in [2.24, 2.45) is 12.8 Å². The van der Waals surface area contributed by atoms with Gasteiger partial charge >= 0.3 is 0 Å². The molecule has 2 heterocycles. The van der Waals surface area contributed by atoms with Gasteiger partial charge in [0.15, 0.2) is 0 Å². The Morgan fingerprint density at radius 2 is 2.33 bits per heavy atom. The van der Waals surface area contributed by atoms with Gasteiger partial charge in [0.1, 0.15) is 11.5 Å². The Morgan fingerprint density at radius 1 is 1.53 bits per heavy atom. The SMILES string of the molecule is Cc1ccc(C(N)Cc2cnn(C)c2)o1. The van der Waals surface area contributed by atoms with Crippen molar-refractivity contribution < 1.29 is 4.42 Å². The van der Waals surface area contributed by atoms with E-state index in [2.05, 4.69) is 5.10 Å². The van der Waals surface area contributed by atoms with E-state index in [1.807, 2.05) is 38.5 Å². The molecular formula is C11H15N3O. The second-order valence-electron chi connectivity index (χ2n) is 3.78.